The lowest BCUT2D eigenvalue weighted by Gasteiger charge is -2.22. The fourth-order valence-corrected chi connectivity index (χ4v) is 4.04. The molecule has 0 aromatic heterocycles. The molecule has 0 bridgehead atoms. The summed E-state index contributed by atoms with van der Waals surface area (Å²) in [6, 6.07) is 6.84. The summed E-state index contributed by atoms with van der Waals surface area (Å²) in [7, 11) is 0. The first-order valence-corrected chi connectivity index (χ1v) is 13.5. The van der Waals surface area contributed by atoms with Gasteiger partial charge in [-0.1, -0.05) is 12.1 Å². The van der Waals surface area contributed by atoms with Crippen molar-refractivity contribution < 1.29 is 42.7 Å². The van der Waals surface area contributed by atoms with Gasteiger partial charge in [-0.3, -0.25) is 14.5 Å². The first kappa shape index (κ1) is 30.6. The molecule has 0 aliphatic carbocycles. The van der Waals surface area contributed by atoms with Gasteiger partial charge < -0.3 is 38.5 Å². The number of carbonyl (C=O) groups excluding carboxylic acids is 2. The lowest BCUT2D eigenvalue weighted by molar-refractivity contribution is -0.0307. The molecule has 11 heteroatoms. The molecule has 1 aromatic rings. The highest BCUT2D eigenvalue weighted by Gasteiger charge is 2.34. The predicted molar refractivity (Wildman–Crippen MR) is 139 cm³/mol. The second kappa shape index (κ2) is 19.2. The highest BCUT2D eigenvalue weighted by atomic mass is 16.6. The topological polar surface area (TPSA) is 114 Å². The Hall–Kier alpha value is -1.96. The standard InChI is InChI=1S/C27H42N2O9/c30-26-24-3-1-2-4-25(24)27(31)29(26)9-10-32-11-12-33-13-14-34-15-16-35-17-18-36-19-20-37-21-22-38-23-5-7-28-8-6-23/h1-4,23,28H,5-22H2. The summed E-state index contributed by atoms with van der Waals surface area (Å²) in [6.45, 7) is 8.60. The summed E-state index contributed by atoms with van der Waals surface area (Å²) in [6.07, 6.45) is 2.51. The maximum absolute atomic E-state index is 12.3. The lowest BCUT2D eigenvalue weighted by atomic mass is 10.1. The SMILES string of the molecule is O=C1c2ccccc2C(=O)N1CCOCCOCCOCCOCCOCCOCCOC1CCNCC1. The number of imide groups is 1. The van der Waals surface area contributed by atoms with E-state index in [1.54, 1.807) is 24.3 Å². The summed E-state index contributed by atoms with van der Waals surface area (Å²) in [5.41, 5.74) is 0.898. The highest BCUT2D eigenvalue weighted by molar-refractivity contribution is 6.21. The van der Waals surface area contributed by atoms with E-state index in [0.29, 0.717) is 96.5 Å². The summed E-state index contributed by atoms with van der Waals surface area (Å²) < 4.78 is 38.6. The van der Waals surface area contributed by atoms with Gasteiger partial charge in [-0.2, -0.15) is 0 Å². The van der Waals surface area contributed by atoms with Crippen LogP contribution in [0.2, 0.25) is 0 Å². The molecule has 11 nitrogen and oxygen atoms in total. The number of hydrogen-bond acceptors (Lipinski definition) is 10. The van der Waals surface area contributed by atoms with Crippen molar-refractivity contribution >= 4 is 11.8 Å². The molecule has 1 saturated heterocycles. The average Bonchev–Trinajstić information content (AvgIpc) is 3.19. The molecule has 0 atom stereocenters. The Morgan fingerprint density at radius 2 is 1.00 bits per heavy atom. The normalized spacial score (nSPS) is 15.9. The molecule has 2 heterocycles. The number of piperidine rings is 1. The highest BCUT2D eigenvalue weighted by Crippen LogP contribution is 2.21. The van der Waals surface area contributed by atoms with Gasteiger partial charge >= 0.3 is 0 Å². The molecule has 2 aliphatic heterocycles. The summed E-state index contributed by atoms with van der Waals surface area (Å²) in [4.78, 5) is 25.7. The van der Waals surface area contributed by atoms with Crippen LogP contribution in [0.4, 0.5) is 0 Å². The van der Waals surface area contributed by atoms with E-state index in [0.717, 1.165) is 25.9 Å². The van der Waals surface area contributed by atoms with Crippen LogP contribution in [0.25, 0.3) is 0 Å². The van der Waals surface area contributed by atoms with Crippen molar-refractivity contribution in [2.75, 3.05) is 106 Å². The zero-order valence-corrected chi connectivity index (χ0v) is 22.2. The minimum absolute atomic E-state index is 0.225. The Balaban J connectivity index is 0.990. The third-order valence-corrected chi connectivity index (χ3v) is 6.06. The molecule has 0 radical (unpaired) electrons. The van der Waals surface area contributed by atoms with E-state index < -0.39 is 0 Å². The summed E-state index contributed by atoms with van der Waals surface area (Å²) >= 11 is 0. The fourth-order valence-electron chi connectivity index (χ4n) is 4.04. The number of nitrogens with zero attached hydrogens (tertiary/aromatic N) is 1. The van der Waals surface area contributed by atoms with Gasteiger partial charge in [-0.25, -0.2) is 0 Å². The average molecular weight is 539 g/mol. The smallest absolute Gasteiger partial charge is 0.261 e. The van der Waals surface area contributed by atoms with Crippen LogP contribution in [0.3, 0.4) is 0 Å². The number of ether oxygens (including phenoxy) is 7. The maximum Gasteiger partial charge on any atom is 0.261 e. The zero-order valence-electron chi connectivity index (χ0n) is 22.2. The molecule has 38 heavy (non-hydrogen) atoms. The van der Waals surface area contributed by atoms with Crippen LogP contribution in [-0.4, -0.2) is 128 Å². The van der Waals surface area contributed by atoms with Crippen LogP contribution in [0.15, 0.2) is 24.3 Å². The summed E-state index contributed by atoms with van der Waals surface area (Å²) in [5.74, 6) is -0.540. The van der Waals surface area contributed by atoms with Gasteiger partial charge in [-0.05, 0) is 38.1 Å². The van der Waals surface area contributed by atoms with Crippen LogP contribution in [0, 0.1) is 0 Å². The van der Waals surface area contributed by atoms with Crippen LogP contribution in [-0.2, 0) is 33.2 Å². The third kappa shape index (κ3) is 11.4. The number of hydrogen-bond donors (Lipinski definition) is 1. The quantitative estimate of drug-likeness (QED) is 0.170. The van der Waals surface area contributed by atoms with Crippen LogP contribution >= 0.6 is 0 Å². The molecule has 1 aromatic carbocycles. The van der Waals surface area contributed by atoms with Gasteiger partial charge in [0.25, 0.3) is 11.8 Å². The zero-order chi connectivity index (χ0) is 26.7. The minimum atomic E-state index is -0.270. The molecule has 2 amide bonds. The molecule has 2 aliphatic rings. The number of amides is 2. The molecule has 214 valence electrons. The van der Waals surface area contributed by atoms with Crippen molar-refractivity contribution in [3.05, 3.63) is 35.4 Å². The molecule has 0 saturated carbocycles. The van der Waals surface area contributed by atoms with Crippen molar-refractivity contribution in [2.24, 2.45) is 0 Å². The van der Waals surface area contributed by atoms with E-state index in [1.807, 2.05) is 0 Å². The third-order valence-electron chi connectivity index (χ3n) is 6.06. The van der Waals surface area contributed by atoms with Gasteiger partial charge in [0.15, 0.2) is 0 Å². The van der Waals surface area contributed by atoms with Crippen LogP contribution in [0.1, 0.15) is 33.6 Å². The van der Waals surface area contributed by atoms with Gasteiger partial charge in [0.2, 0.25) is 0 Å². The Bertz CT molecular complexity index is 770. The van der Waals surface area contributed by atoms with Gasteiger partial charge in [-0.15, -0.1) is 0 Å². The second-order valence-electron chi connectivity index (χ2n) is 8.80. The number of carbonyl (C=O) groups is 2. The van der Waals surface area contributed by atoms with Crippen molar-refractivity contribution in [2.45, 2.75) is 18.9 Å². The minimum Gasteiger partial charge on any atom is -0.377 e. The van der Waals surface area contributed by atoms with Crippen LogP contribution < -0.4 is 5.32 Å². The Morgan fingerprint density at radius 3 is 1.45 bits per heavy atom. The van der Waals surface area contributed by atoms with Crippen molar-refractivity contribution in [1.82, 2.24) is 10.2 Å². The molecular weight excluding hydrogens is 496 g/mol. The van der Waals surface area contributed by atoms with Crippen molar-refractivity contribution in [3.8, 4) is 0 Å². The molecule has 0 spiro atoms. The van der Waals surface area contributed by atoms with E-state index in [2.05, 4.69) is 5.32 Å². The lowest BCUT2D eigenvalue weighted by Crippen LogP contribution is -2.33. The first-order chi connectivity index (χ1) is 18.8. The first-order valence-electron chi connectivity index (χ1n) is 13.5. The van der Waals surface area contributed by atoms with E-state index >= 15 is 0 Å². The Labute approximate surface area is 225 Å². The molecule has 1 N–H and O–H groups in total. The number of nitrogens with one attached hydrogen (secondary N) is 1. The Morgan fingerprint density at radius 1 is 0.605 bits per heavy atom. The van der Waals surface area contributed by atoms with Gasteiger partial charge in [0.1, 0.15) is 0 Å². The number of rotatable bonds is 22. The molecule has 3 rings (SSSR count). The number of fused-ring (bicyclic) bond motifs is 1. The van der Waals surface area contributed by atoms with E-state index in [-0.39, 0.29) is 25.0 Å². The molecule has 0 unspecified atom stereocenters. The monoisotopic (exact) mass is 538 g/mol. The van der Waals surface area contributed by atoms with E-state index in [9.17, 15) is 9.59 Å². The fraction of sp³-hybridized carbons (Fsp3) is 0.704. The second-order valence-corrected chi connectivity index (χ2v) is 8.80. The van der Waals surface area contributed by atoms with Gasteiger partial charge in [0.05, 0.1) is 110 Å². The molecular formula is C27H42N2O9. The van der Waals surface area contributed by atoms with E-state index in [1.165, 1.54) is 4.90 Å². The largest absolute Gasteiger partial charge is 0.377 e. The van der Waals surface area contributed by atoms with Crippen molar-refractivity contribution in [1.29, 1.82) is 0 Å². The maximum atomic E-state index is 12.3. The van der Waals surface area contributed by atoms with Crippen LogP contribution in [0.5, 0.6) is 0 Å². The Kier molecular flexibility index (Phi) is 15.4. The summed E-state index contributed by atoms with van der Waals surface area (Å²) in [5, 5.41) is 3.32. The van der Waals surface area contributed by atoms with E-state index in [4.69, 9.17) is 33.2 Å². The predicted octanol–water partition coefficient (Wildman–Crippen LogP) is 1.15. The number of benzene rings is 1. The van der Waals surface area contributed by atoms with Gasteiger partial charge in [0, 0.05) is 0 Å². The van der Waals surface area contributed by atoms with Crippen molar-refractivity contribution in [3.63, 3.8) is 0 Å². The molecule has 1 fully saturated rings.